The lowest BCUT2D eigenvalue weighted by atomic mass is 10.1. The molecule has 2 nitrogen and oxygen atoms in total. The third-order valence-corrected chi connectivity index (χ3v) is 2.40. The molecule has 0 bridgehead atoms. The first kappa shape index (κ1) is 8.30. The molecule has 0 radical (unpaired) electrons. The van der Waals surface area contributed by atoms with Gasteiger partial charge in [0.1, 0.15) is 0 Å². The van der Waals surface area contributed by atoms with Gasteiger partial charge in [0.15, 0.2) is 5.78 Å². The first-order chi connectivity index (χ1) is 6.36. The lowest BCUT2D eigenvalue weighted by Crippen LogP contribution is -1.90. The lowest BCUT2D eigenvalue weighted by molar-refractivity contribution is -0.114. The molecular formula is C11H13NO. The maximum Gasteiger partial charge on any atom is 0.156 e. The molecule has 2 rings (SSSR count). The number of aromatic amines is 1. The summed E-state index contributed by atoms with van der Waals surface area (Å²) in [6.45, 7) is 0. The molecule has 0 amide bonds. The van der Waals surface area contributed by atoms with Crippen molar-refractivity contribution in [1.82, 2.24) is 4.98 Å². The van der Waals surface area contributed by atoms with E-state index in [1.54, 1.807) is 6.08 Å². The Morgan fingerprint density at radius 3 is 2.85 bits per heavy atom. The second-order valence-electron chi connectivity index (χ2n) is 3.43. The van der Waals surface area contributed by atoms with Gasteiger partial charge in [0.25, 0.3) is 0 Å². The molecule has 1 aromatic heterocycles. The molecule has 0 aromatic carbocycles. The Labute approximate surface area is 77.7 Å². The number of nitrogens with one attached hydrogen (secondary N) is 1. The average Bonchev–Trinajstić information content (AvgIpc) is 2.56. The molecule has 0 saturated heterocycles. The molecule has 1 N–H and O–H groups in total. The minimum atomic E-state index is 0.266. The van der Waals surface area contributed by atoms with Crippen LogP contribution in [0.2, 0.25) is 0 Å². The standard InChI is InChI=1S/C11H13NO/c13-10-5-2-1-4-9(8-10)11-6-3-7-12-11/h3,6-8,12H,1-2,4-5H2. The first-order valence-corrected chi connectivity index (χ1v) is 4.73. The van der Waals surface area contributed by atoms with Crippen molar-refractivity contribution in [2.24, 2.45) is 0 Å². The molecule has 0 fully saturated rings. The summed E-state index contributed by atoms with van der Waals surface area (Å²) in [7, 11) is 0. The van der Waals surface area contributed by atoms with Crippen LogP contribution in [0.15, 0.2) is 24.4 Å². The maximum atomic E-state index is 11.3. The monoisotopic (exact) mass is 175 g/mol. The van der Waals surface area contributed by atoms with Gasteiger partial charge in [0.05, 0.1) is 0 Å². The Hall–Kier alpha value is -1.31. The molecule has 13 heavy (non-hydrogen) atoms. The van der Waals surface area contributed by atoms with Crippen LogP contribution in [0.3, 0.4) is 0 Å². The van der Waals surface area contributed by atoms with Gasteiger partial charge in [-0.3, -0.25) is 4.79 Å². The number of hydrogen-bond donors (Lipinski definition) is 1. The number of carbonyl (C=O) groups is 1. The summed E-state index contributed by atoms with van der Waals surface area (Å²) in [5.41, 5.74) is 2.25. The van der Waals surface area contributed by atoms with Crippen LogP contribution in [0, 0.1) is 0 Å². The van der Waals surface area contributed by atoms with Gasteiger partial charge < -0.3 is 4.98 Å². The number of rotatable bonds is 1. The van der Waals surface area contributed by atoms with E-state index in [2.05, 4.69) is 4.98 Å². The maximum absolute atomic E-state index is 11.3. The quantitative estimate of drug-likeness (QED) is 0.699. The van der Waals surface area contributed by atoms with Crippen LogP contribution >= 0.6 is 0 Å². The SMILES string of the molecule is O=C1C=C(c2ccc[nH]2)CCCC1. The molecule has 0 saturated carbocycles. The fourth-order valence-electron chi connectivity index (χ4n) is 1.70. The van der Waals surface area contributed by atoms with Crippen LogP contribution in [-0.2, 0) is 4.79 Å². The molecule has 0 spiro atoms. The highest BCUT2D eigenvalue weighted by atomic mass is 16.1. The van der Waals surface area contributed by atoms with Crippen molar-refractivity contribution < 1.29 is 4.79 Å². The second-order valence-corrected chi connectivity index (χ2v) is 3.43. The Balaban J connectivity index is 2.26. The van der Waals surface area contributed by atoms with Gasteiger partial charge in [-0.2, -0.15) is 0 Å². The second kappa shape index (κ2) is 3.60. The van der Waals surface area contributed by atoms with Crippen molar-refractivity contribution in [3.05, 3.63) is 30.1 Å². The van der Waals surface area contributed by atoms with Crippen LogP contribution < -0.4 is 0 Å². The summed E-state index contributed by atoms with van der Waals surface area (Å²) in [6.07, 6.45) is 7.57. The van der Waals surface area contributed by atoms with Gasteiger partial charge in [-0.1, -0.05) is 0 Å². The molecule has 1 heterocycles. The summed E-state index contributed by atoms with van der Waals surface area (Å²) in [5, 5.41) is 0. The smallest absolute Gasteiger partial charge is 0.156 e. The Morgan fingerprint density at radius 2 is 2.08 bits per heavy atom. The third kappa shape index (κ3) is 1.89. The van der Waals surface area contributed by atoms with Crippen LogP contribution in [-0.4, -0.2) is 10.8 Å². The van der Waals surface area contributed by atoms with E-state index in [9.17, 15) is 4.79 Å². The summed E-state index contributed by atoms with van der Waals surface area (Å²) in [6, 6.07) is 3.98. The van der Waals surface area contributed by atoms with Gasteiger partial charge >= 0.3 is 0 Å². The van der Waals surface area contributed by atoms with E-state index in [1.807, 2.05) is 18.3 Å². The van der Waals surface area contributed by atoms with Crippen molar-refractivity contribution in [3.8, 4) is 0 Å². The molecular weight excluding hydrogens is 162 g/mol. The summed E-state index contributed by atoms with van der Waals surface area (Å²) < 4.78 is 0. The molecule has 0 atom stereocenters. The molecule has 68 valence electrons. The minimum absolute atomic E-state index is 0.266. The van der Waals surface area contributed by atoms with Gasteiger partial charge in [-0.25, -0.2) is 0 Å². The van der Waals surface area contributed by atoms with E-state index >= 15 is 0 Å². The van der Waals surface area contributed by atoms with Crippen LogP contribution in [0.1, 0.15) is 31.4 Å². The Bertz CT molecular complexity index is 322. The number of ketones is 1. The van der Waals surface area contributed by atoms with Gasteiger partial charge in [-0.05, 0) is 43.0 Å². The number of hydrogen-bond acceptors (Lipinski definition) is 1. The van der Waals surface area contributed by atoms with Crippen molar-refractivity contribution in [3.63, 3.8) is 0 Å². The lowest BCUT2D eigenvalue weighted by Gasteiger charge is -2.00. The summed E-state index contributed by atoms with van der Waals surface area (Å²) in [4.78, 5) is 14.4. The van der Waals surface area contributed by atoms with Gasteiger partial charge in [-0.15, -0.1) is 0 Å². The predicted molar refractivity (Wildman–Crippen MR) is 52.2 cm³/mol. The molecule has 1 aliphatic carbocycles. The van der Waals surface area contributed by atoms with E-state index in [-0.39, 0.29) is 5.78 Å². The van der Waals surface area contributed by atoms with E-state index in [1.165, 1.54) is 0 Å². The van der Waals surface area contributed by atoms with E-state index < -0.39 is 0 Å². The first-order valence-electron chi connectivity index (χ1n) is 4.73. The Morgan fingerprint density at radius 1 is 1.23 bits per heavy atom. The molecule has 0 aliphatic heterocycles. The number of H-pyrrole nitrogens is 1. The topological polar surface area (TPSA) is 32.9 Å². The van der Waals surface area contributed by atoms with Crippen LogP contribution in [0.5, 0.6) is 0 Å². The number of carbonyl (C=O) groups excluding carboxylic acids is 1. The van der Waals surface area contributed by atoms with Gasteiger partial charge in [0, 0.05) is 18.3 Å². The highest BCUT2D eigenvalue weighted by molar-refractivity contribution is 5.96. The number of aromatic nitrogens is 1. The van der Waals surface area contributed by atoms with E-state index in [0.29, 0.717) is 6.42 Å². The normalized spacial score (nSPS) is 18.2. The van der Waals surface area contributed by atoms with Crippen molar-refractivity contribution in [2.45, 2.75) is 25.7 Å². The zero-order chi connectivity index (χ0) is 9.10. The number of allylic oxidation sites excluding steroid dienone is 2. The van der Waals surface area contributed by atoms with Crippen LogP contribution in [0.25, 0.3) is 5.57 Å². The fourth-order valence-corrected chi connectivity index (χ4v) is 1.70. The average molecular weight is 175 g/mol. The third-order valence-electron chi connectivity index (χ3n) is 2.40. The zero-order valence-electron chi connectivity index (χ0n) is 7.55. The van der Waals surface area contributed by atoms with Crippen LogP contribution in [0.4, 0.5) is 0 Å². The highest BCUT2D eigenvalue weighted by Crippen LogP contribution is 2.23. The Kier molecular flexibility index (Phi) is 2.30. The van der Waals surface area contributed by atoms with Crippen molar-refractivity contribution >= 4 is 11.4 Å². The van der Waals surface area contributed by atoms with Crippen molar-refractivity contribution in [1.29, 1.82) is 0 Å². The van der Waals surface area contributed by atoms with Crippen molar-refractivity contribution in [2.75, 3.05) is 0 Å². The largest absolute Gasteiger partial charge is 0.361 e. The molecule has 2 heteroatoms. The fraction of sp³-hybridized carbons (Fsp3) is 0.364. The highest BCUT2D eigenvalue weighted by Gasteiger charge is 2.09. The summed E-state index contributed by atoms with van der Waals surface area (Å²) in [5.74, 6) is 0.266. The van der Waals surface area contributed by atoms with E-state index in [4.69, 9.17) is 0 Å². The molecule has 1 aliphatic rings. The minimum Gasteiger partial charge on any atom is -0.361 e. The predicted octanol–water partition coefficient (Wildman–Crippen LogP) is 2.54. The molecule has 0 unspecified atom stereocenters. The summed E-state index contributed by atoms with van der Waals surface area (Å²) >= 11 is 0. The zero-order valence-corrected chi connectivity index (χ0v) is 7.55. The molecule has 1 aromatic rings. The van der Waals surface area contributed by atoms with E-state index in [0.717, 1.165) is 30.5 Å². The van der Waals surface area contributed by atoms with Gasteiger partial charge in [0.2, 0.25) is 0 Å².